The summed E-state index contributed by atoms with van der Waals surface area (Å²) in [6, 6.07) is 0. The largest absolute Gasteiger partial charge is 0.442 e. The van der Waals surface area contributed by atoms with Crippen LogP contribution in [-0.2, 0) is 14.3 Å². The maximum absolute atomic E-state index is 11.2. The number of nitrogens with zero attached hydrogens (tertiary/aromatic N) is 1. The Bertz CT molecular complexity index is 246. The van der Waals surface area contributed by atoms with E-state index in [1.54, 1.807) is 4.57 Å². The van der Waals surface area contributed by atoms with Crippen LogP contribution in [0.5, 0.6) is 0 Å². The van der Waals surface area contributed by atoms with Crippen molar-refractivity contribution >= 4 is 20.1 Å². The minimum absolute atomic E-state index is 0.102. The maximum Gasteiger partial charge on any atom is 0.304 e. The Labute approximate surface area is 78.9 Å². The molecule has 4 nitrogen and oxygen atoms in total. The second kappa shape index (κ2) is 3.14. The van der Waals surface area contributed by atoms with E-state index >= 15 is 0 Å². The van der Waals surface area contributed by atoms with Crippen molar-refractivity contribution in [1.82, 2.24) is 4.57 Å². The van der Waals surface area contributed by atoms with Crippen molar-refractivity contribution in [3.05, 3.63) is 0 Å². The third kappa shape index (κ3) is 2.09. The minimum Gasteiger partial charge on any atom is -0.442 e. The van der Waals surface area contributed by atoms with Gasteiger partial charge in [-0.2, -0.15) is 0 Å². The molecular formula is C8H15NO3Si. The topological polar surface area (TPSA) is 46.6 Å². The van der Waals surface area contributed by atoms with E-state index < -0.39 is 8.24 Å². The molecule has 1 atom stereocenters. The van der Waals surface area contributed by atoms with Gasteiger partial charge < -0.3 is 9.30 Å². The molecule has 1 aliphatic heterocycles. The maximum atomic E-state index is 11.2. The van der Waals surface area contributed by atoms with Gasteiger partial charge in [-0.15, -0.1) is 0 Å². The Kier molecular flexibility index (Phi) is 2.47. The number of hydrogen-bond donors (Lipinski definition) is 0. The highest BCUT2D eigenvalue weighted by Crippen LogP contribution is 2.27. The van der Waals surface area contributed by atoms with Crippen molar-refractivity contribution in [1.29, 1.82) is 0 Å². The van der Waals surface area contributed by atoms with E-state index in [9.17, 15) is 9.59 Å². The molecule has 1 aliphatic rings. The van der Waals surface area contributed by atoms with Gasteiger partial charge in [-0.05, 0) is 0 Å². The molecule has 0 aromatic carbocycles. The zero-order valence-electron chi connectivity index (χ0n) is 8.46. The lowest BCUT2D eigenvalue weighted by Gasteiger charge is -2.46. The molecule has 0 saturated carbocycles. The lowest BCUT2D eigenvalue weighted by molar-refractivity contribution is -0.172. The lowest BCUT2D eigenvalue weighted by atomic mass is 10.2. The molecule has 0 N–H and O–H groups in total. The highest BCUT2D eigenvalue weighted by Gasteiger charge is 2.45. The van der Waals surface area contributed by atoms with E-state index in [1.807, 2.05) is 0 Å². The molecule has 1 fully saturated rings. The van der Waals surface area contributed by atoms with Gasteiger partial charge >= 0.3 is 5.97 Å². The standard InChI is InChI=1S/C8H15NO3Si/c1-6(10)12-8-5-7(11)9(8)13(2,3)4/h8H,5H2,1-4H3/t8-/m1/s1. The van der Waals surface area contributed by atoms with E-state index in [2.05, 4.69) is 19.6 Å². The van der Waals surface area contributed by atoms with E-state index in [-0.39, 0.29) is 18.1 Å². The van der Waals surface area contributed by atoms with Gasteiger partial charge in [0.2, 0.25) is 5.91 Å². The molecule has 0 spiro atoms. The molecule has 0 bridgehead atoms. The van der Waals surface area contributed by atoms with E-state index in [0.29, 0.717) is 6.42 Å². The summed E-state index contributed by atoms with van der Waals surface area (Å²) in [7, 11) is -1.66. The summed E-state index contributed by atoms with van der Waals surface area (Å²) in [5, 5.41) is 0. The first-order chi connectivity index (χ1) is 5.82. The van der Waals surface area contributed by atoms with Gasteiger partial charge in [-0.3, -0.25) is 9.59 Å². The number of β-lactam (4-membered cyclic amide) rings is 1. The fourth-order valence-corrected chi connectivity index (χ4v) is 3.33. The first-order valence-electron chi connectivity index (χ1n) is 4.32. The number of amides is 1. The van der Waals surface area contributed by atoms with Gasteiger partial charge in [-0.25, -0.2) is 0 Å². The SMILES string of the molecule is CC(=O)O[C@@H]1CC(=O)N1[Si](C)(C)C. The molecule has 74 valence electrons. The molecule has 1 amide bonds. The van der Waals surface area contributed by atoms with Gasteiger partial charge in [0.15, 0.2) is 14.5 Å². The Hall–Kier alpha value is -0.843. The highest BCUT2D eigenvalue weighted by atomic mass is 28.3. The predicted molar refractivity (Wildman–Crippen MR) is 50.4 cm³/mol. The number of esters is 1. The second-order valence-corrected chi connectivity index (χ2v) is 9.03. The van der Waals surface area contributed by atoms with Crippen LogP contribution in [-0.4, -0.2) is 30.9 Å². The fourth-order valence-electron chi connectivity index (χ4n) is 1.48. The molecule has 13 heavy (non-hydrogen) atoms. The number of rotatable bonds is 2. The normalized spacial score (nSPS) is 22.6. The number of carbonyl (C=O) groups is 2. The van der Waals surface area contributed by atoms with Gasteiger partial charge in [0.25, 0.3) is 0 Å². The van der Waals surface area contributed by atoms with Gasteiger partial charge in [0, 0.05) is 6.92 Å². The molecule has 0 radical (unpaired) electrons. The summed E-state index contributed by atoms with van der Waals surface area (Å²) in [5.41, 5.74) is 0. The summed E-state index contributed by atoms with van der Waals surface area (Å²) in [6.45, 7) is 7.53. The molecule has 5 heteroatoms. The van der Waals surface area contributed by atoms with Crippen LogP contribution in [0.1, 0.15) is 13.3 Å². The van der Waals surface area contributed by atoms with Crippen molar-refractivity contribution in [3.63, 3.8) is 0 Å². The zero-order chi connectivity index (χ0) is 10.2. The number of hydrogen-bond acceptors (Lipinski definition) is 3. The van der Waals surface area contributed by atoms with Crippen molar-refractivity contribution in [2.24, 2.45) is 0 Å². The van der Waals surface area contributed by atoms with Crippen LogP contribution >= 0.6 is 0 Å². The molecule has 0 aromatic heterocycles. The van der Waals surface area contributed by atoms with Gasteiger partial charge in [-0.1, -0.05) is 19.6 Å². The Morgan fingerprint density at radius 3 is 2.38 bits per heavy atom. The lowest BCUT2D eigenvalue weighted by Crippen LogP contribution is -2.64. The monoisotopic (exact) mass is 201 g/mol. The van der Waals surface area contributed by atoms with Crippen LogP contribution in [0.15, 0.2) is 0 Å². The van der Waals surface area contributed by atoms with Crippen molar-refractivity contribution in [2.75, 3.05) is 0 Å². The molecule has 0 unspecified atom stereocenters. The van der Waals surface area contributed by atoms with Gasteiger partial charge in [0.05, 0.1) is 6.42 Å². The van der Waals surface area contributed by atoms with Crippen LogP contribution in [0.25, 0.3) is 0 Å². The highest BCUT2D eigenvalue weighted by molar-refractivity contribution is 6.76. The average Bonchev–Trinajstić information content (AvgIpc) is 1.79. The van der Waals surface area contributed by atoms with E-state index in [0.717, 1.165) is 0 Å². The third-order valence-corrected chi connectivity index (χ3v) is 3.91. The van der Waals surface area contributed by atoms with Crippen LogP contribution in [0, 0.1) is 0 Å². The smallest absolute Gasteiger partial charge is 0.304 e. The summed E-state index contributed by atoms with van der Waals surface area (Å²) in [5.74, 6) is -0.217. The van der Waals surface area contributed by atoms with Crippen molar-refractivity contribution < 1.29 is 14.3 Å². The van der Waals surface area contributed by atoms with Crippen LogP contribution in [0.3, 0.4) is 0 Å². The first kappa shape index (κ1) is 10.2. The predicted octanol–water partition coefficient (Wildman–Crippen LogP) is 0.943. The fraction of sp³-hybridized carbons (Fsp3) is 0.750. The van der Waals surface area contributed by atoms with E-state index in [4.69, 9.17) is 4.74 Å². The van der Waals surface area contributed by atoms with Crippen molar-refractivity contribution in [3.8, 4) is 0 Å². The van der Waals surface area contributed by atoms with Crippen LogP contribution in [0.2, 0.25) is 19.6 Å². The Morgan fingerprint density at radius 2 is 2.08 bits per heavy atom. The Balaban J connectivity index is 2.62. The molecule has 0 aliphatic carbocycles. The van der Waals surface area contributed by atoms with Gasteiger partial charge in [0.1, 0.15) is 0 Å². The second-order valence-electron chi connectivity index (χ2n) is 4.20. The molecule has 1 rings (SSSR count). The molecule has 0 aromatic rings. The molecule has 1 heterocycles. The summed E-state index contributed by atoms with van der Waals surface area (Å²) < 4.78 is 6.73. The van der Waals surface area contributed by atoms with Crippen molar-refractivity contribution in [2.45, 2.75) is 39.2 Å². The minimum atomic E-state index is -1.66. The third-order valence-electron chi connectivity index (χ3n) is 1.93. The van der Waals surface area contributed by atoms with Crippen LogP contribution < -0.4 is 0 Å². The summed E-state index contributed by atoms with van der Waals surface area (Å²) in [4.78, 5) is 21.9. The first-order valence-corrected chi connectivity index (χ1v) is 7.76. The van der Waals surface area contributed by atoms with E-state index in [1.165, 1.54) is 6.92 Å². The summed E-state index contributed by atoms with van der Waals surface area (Å²) in [6.07, 6.45) is 0.0563. The Morgan fingerprint density at radius 1 is 1.54 bits per heavy atom. The van der Waals surface area contributed by atoms with Crippen LogP contribution in [0.4, 0.5) is 0 Å². The quantitative estimate of drug-likeness (QED) is 0.379. The molecular weight excluding hydrogens is 186 g/mol. The average molecular weight is 201 g/mol. The summed E-state index contributed by atoms with van der Waals surface area (Å²) >= 11 is 0. The number of ether oxygens (including phenoxy) is 1. The molecule has 1 saturated heterocycles. The number of carbonyl (C=O) groups excluding carboxylic acids is 2. The zero-order valence-corrected chi connectivity index (χ0v) is 9.46.